The first-order valence-electron chi connectivity index (χ1n) is 10.4. The lowest BCUT2D eigenvalue weighted by molar-refractivity contribution is 0.572. The van der Waals surface area contributed by atoms with Gasteiger partial charge in [-0.2, -0.15) is 9.78 Å². The Morgan fingerprint density at radius 2 is 2.06 bits per heavy atom. The molecule has 6 rings (SSSR count). The summed E-state index contributed by atoms with van der Waals surface area (Å²) in [6.07, 6.45) is 8.55. The fraction of sp³-hybridized carbons (Fsp3) is 0.182. The van der Waals surface area contributed by atoms with E-state index in [-0.39, 0.29) is 11.6 Å². The number of H-pyrrole nitrogens is 1. The van der Waals surface area contributed by atoms with Gasteiger partial charge in [-0.15, -0.1) is 5.10 Å². The molecule has 0 spiro atoms. The van der Waals surface area contributed by atoms with Gasteiger partial charge < -0.3 is 9.55 Å². The van der Waals surface area contributed by atoms with Crippen LogP contribution < -0.4 is 5.56 Å². The number of imidazole rings is 1. The van der Waals surface area contributed by atoms with Gasteiger partial charge in [-0.05, 0) is 53.1 Å². The van der Waals surface area contributed by atoms with Crippen LogP contribution in [0.2, 0.25) is 5.02 Å². The van der Waals surface area contributed by atoms with Gasteiger partial charge in [-0.1, -0.05) is 11.6 Å². The lowest BCUT2D eigenvalue weighted by atomic mass is 10.0. The summed E-state index contributed by atoms with van der Waals surface area (Å²) in [4.78, 5) is 21.2. The molecule has 10 nitrogen and oxygen atoms in total. The second-order valence-corrected chi connectivity index (χ2v) is 8.44. The predicted octanol–water partition coefficient (Wildman–Crippen LogP) is 2.80. The van der Waals surface area contributed by atoms with Gasteiger partial charge in [-0.3, -0.25) is 9.48 Å². The largest absolute Gasteiger partial charge is 0.340 e. The summed E-state index contributed by atoms with van der Waals surface area (Å²) in [7, 11) is 1.87. The van der Waals surface area contributed by atoms with E-state index in [9.17, 15) is 4.79 Å². The highest BCUT2D eigenvalue weighted by Crippen LogP contribution is 2.34. The number of hydrogen-bond acceptors (Lipinski definition) is 6. The highest BCUT2D eigenvalue weighted by molar-refractivity contribution is 6.31. The lowest BCUT2D eigenvalue weighted by Crippen LogP contribution is -2.23. The number of nitrogens with one attached hydrogen (secondary N) is 1. The van der Waals surface area contributed by atoms with E-state index < -0.39 is 0 Å². The van der Waals surface area contributed by atoms with Gasteiger partial charge in [0, 0.05) is 41.2 Å². The van der Waals surface area contributed by atoms with Crippen molar-refractivity contribution in [2.45, 2.75) is 18.9 Å². The minimum atomic E-state index is -0.148. The second kappa shape index (κ2) is 7.52. The third-order valence-electron chi connectivity index (χ3n) is 5.93. The summed E-state index contributed by atoms with van der Waals surface area (Å²) < 4.78 is 5.12. The van der Waals surface area contributed by atoms with Crippen LogP contribution in [0, 0.1) is 0 Å². The SMILES string of the molecule is Cn1cc(-c2cnc([C@@H]3CCc4cc(-c5cc(Cl)ccc5-n5cnnn5)cc(=O)n43)[nH]2)cn1. The molecule has 0 saturated heterocycles. The number of benzene rings is 1. The van der Waals surface area contributed by atoms with E-state index in [0.29, 0.717) is 5.02 Å². The Bertz CT molecular complexity index is 1530. The number of fused-ring (bicyclic) bond motifs is 1. The zero-order valence-electron chi connectivity index (χ0n) is 17.6. The molecule has 0 fully saturated rings. The van der Waals surface area contributed by atoms with Crippen molar-refractivity contribution in [2.24, 2.45) is 7.05 Å². The monoisotopic (exact) mass is 459 g/mol. The van der Waals surface area contributed by atoms with E-state index in [1.807, 2.05) is 36.0 Å². The molecule has 11 heteroatoms. The molecule has 164 valence electrons. The fourth-order valence-corrected chi connectivity index (χ4v) is 4.61. The Morgan fingerprint density at radius 1 is 1.15 bits per heavy atom. The van der Waals surface area contributed by atoms with Crippen molar-refractivity contribution in [1.29, 1.82) is 0 Å². The maximum atomic E-state index is 13.3. The molecule has 1 aliphatic rings. The summed E-state index contributed by atoms with van der Waals surface area (Å²) in [5.74, 6) is 0.764. The van der Waals surface area contributed by atoms with Gasteiger partial charge in [0.15, 0.2) is 0 Å². The molecule has 0 amide bonds. The highest BCUT2D eigenvalue weighted by atomic mass is 35.5. The van der Waals surface area contributed by atoms with Gasteiger partial charge >= 0.3 is 0 Å². The first-order chi connectivity index (χ1) is 16.1. The number of hydrogen-bond donors (Lipinski definition) is 1. The number of nitrogens with zero attached hydrogens (tertiary/aromatic N) is 8. The normalized spacial score (nSPS) is 15.2. The molecule has 33 heavy (non-hydrogen) atoms. The summed E-state index contributed by atoms with van der Waals surface area (Å²) in [5.41, 5.74) is 4.99. The molecule has 5 aromatic rings. The molecule has 0 unspecified atom stereocenters. The van der Waals surface area contributed by atoms with Crippen molar-refractivity contribution in [3.05, 3.63) is 82.1 Å². The van der Waals surface area contributed by atoms with Crippen molar-refractivity contribution >= 4 is 11.6 Å². The minimum absolute atomic E-state index is 0.0908. The van der Waals surface area contributed by atoms with Crippen LogP contribution in [0.25, 0.3) is 28.1 Å². The van der Waals surface area contributed by atoms with Gasteiger partial charge in [-0.25, -0.2) is 4.98 Å². The summed E-state index contributed by atoms with van der Waals surface area (Å²) in [5, 5.41) is 16.2. The number of pyridine rings is 1. The zero-order chi connectivity index (χ0) is 22.5. The molecule has 1 N–H and O–H groups in total. The molecule has 0 radical (unpaired) electrons. The van der Waals surface area contributed by atoms with Gasteiger partial charge in [0.1, 0.15) is 12.2 Å². The van der Waals surface area contributed by atoms with Crippen molar-refractivity contribution in [3.8, 4) is 28.1 Å². The molecule has 0 bridgehead atoms. The maximum absolute atomic E-state index is 13.3. The first kappa shape index (κ1) is 19.6. The molecular formula is C22H18ClN9O. The maximum Gasteiger partial charge on any atom is 0.252 e. The van der Waals surface area contributed by atoms with Crippen molar-refractivity contribution in [3.63, 3.8) is 0 Å². The van der Waals surface area contributed by atoms with Crippen molar-refractivity contribution in [2.75, 3.05) is 0 Å². The molecule has 0 aliphatic carbocycles. The summed E-state index contributed by atoms with van der Waals surface area (Å²) in [6, 6.07) is 8.95. The van der Waals surface area contributed by atoms with Gasteiger partial charge in [0.2, 0.25) is 0 Å². The molecule has 0 saturated carbocycles. The van der Waals surface area contributed by atoms with Crippen LogP contribution in [0.5, 0.6) is 0 Å². The van der Waals surface area contributed by atoms with Crippen LogP contribution in [-0.2, 0) is 13.5 Å². The molecule has 1 aromatic carbocycles. The van der Waals surface area contributed by atoms with Crippen LogP contribution in [-0.4, -0.2) is 44.5 Å². The average Bonchev–Trinajstić information content (AvgIpc) is 3.59. The molecule has 4 aromatic heterocycles. The number of aromatic nitrogens is 9. The Hall–Kier alpha value is -4.05. The molecule has 1 atom stereocenters. The van der Waals surface area contributed by atoms with E-state index in [1.54, 1.807) is 33.9 Å². The van der Waals surface area contributed by atoms with Crippen LogP contribution in [0.1, 0.15) is 24.0 Å². The zero-order valence-corrected chi connectivity index (χ0v) is 18.3. The first-order valence-corrected chi connectivity index (χ1v) is 10.8. The summed E-state index contributed by atoms with van der Waals surface area (Å²) in [6.45, 7) is 0. The van der Waals surface area contributed by atoms with Gasteiger partial charge in [0.05, 0.1) is 29.8 Å². The van der Waals surface area contributed by atoms with Crippen LogP contribution in [0.3, 0.4) is 0 Å². The third kappa shape index (κ3) is 3.35. The highest BCUT2D eigenvalue weighted by Gasteiger charge is 2.28. The smallest absolute Gasteiger partial charge is 0.252 e. The van der Waals surface area contributed by atoms with E-state index in [0.717, 1.165) is 52.4 Å². The second-order valence-electron chi connectivity index (χ2n) is 8.00. The number of tetrazole rings is 1. The van der Waals surface area contributed by atoms with E-state index in [4.69, 9.17) is 11.6 Å². The van der Waals surface area contributed by atoms with Crippen molar-refractivity contribution in [1.82, 2.24) is 44.5 Å². The predicted molar refractivity (Wildman–Crippen MR) is 121 cm³/mol. The fourth-order valence-electron chi connectivity index (χ4n) is 4.43. The number of rotatable bonds is 4. The number of halogens is 1. The van der Waals surface area contributed by atoms with E-state index in [1.165, 1.54) is 6.33 Å². The third-order valence-corrected chi connectivity index (χ3v) is 6.16. The number of aryl methyl sites for hydroxylation is 2. The average molecular weight is 460 g/mol. The van der Waals surface area contributed by atoms with Crippen LogP contribution in [0.15, 0.2) is 60.0 Å². The molecular weight excluding hydrogens is 442 g/mol. The Labute approximate surface area is 192 Å². The molecule has 1 aliphatic heterocycles. The quantitative estimate of drug-likeness (QED) is 0.442. The Balaban J connectivity index is 1.40. The summed E-state index contributed by atoms with van der Waals surface area (Å²) >= 11 is 6.28. The van der Waals surface area contributed by atoms with E-state index >= 15 is 0 Å². The molecule has 5 heterocycles. The van der Waals surface area contributed by atoms with Crippen molar-refractivity contribution < 1.29 is 0 Å². The van der Waals surface area contributed by atoms with E-state index in [2.05, 4.69) is 30.6 Å². The minimum Gasteiger partial charge on any atom is -0.340 e. The Kier molecular flexibility index (Phi) is 4.47. The number of aromatic amines is 1. The topological polar surface area (TPSA) is 112 Å². The Morgan fingerprint density at radius 3 is 2.85 bits per heavy atom. The standard InChI is InChI=1S/C22H18ClN9O/c1-30-11-14(9-26-30)18-10-24-22(27-18)20-5-3-16-6-13(7-21(33)32(16)20)17-8-15(23)2-4-19(17)31-12-25-28-29-31/h2,4,6-12,20H,3,5H2,1H3,(H,24,27)/t20-/m0/s1. The van der Waals surface area contributed by atoms with Gasteiger partial charge in [0.25, 0.3) is 5.56 Å². The van der Waals surface area contributed by atoms with Crippen LogP contribution in [0.4, 0.5) is 0 Å². The van der Waals surface area contributed by atoms with Crippen LogP contribution >= 0.6 is 11.6 Å². The lowest BCUT2D eigenvalue weighted by Gasteiger charge is -2.15.